The molecule has 4 aliphatic carbocycles. The molecule has 1 atom stereocenters. The summed E-state index contributed by atoms with van der Waals surface area (Å²) in [6.45, 7) is 4.38. The van der Waals surface area contributed by atoms with E-state index in [1.807, 2.05) is 31.2 Å². The Labute approximate surface area is 145 Å². The minimum Gasteiger partial charge on any atom is -0.484 e. The molecule has 0 radical (unpaired) electrons. The molecule has 1 aromatic rings. The molecule has 0 heterocycles. The quantitative estimate of drug-likeness (QED) is 0.884. The predicted molar refractivity (Wildman–Crippen MR) is 94.9 cm³/mol. The number of hydrogen-bond donors (Lipinski definition) is 1. The summed E-state index contributed by atoms with van der Waals surface area (Å²) in [6, 6.07) is 8.12. The summed E-state index contributed by atoms with van der Waals surface area (Å²) >= 11 is 0. The lowest BCUT2D eigenvalue weighted by Crippen LogP contribution is -2.56. The molecule has 24 heavy (non-hydrogen) atoms. The van der Waals surface area contributed by atoms with Crippen LogP contribution in [0.5, 0.6) is 5.75 Å². The number of nitrogens with one attached hydrogen (secondary N) is 1. The molecule has 0 unspecified atom stereocenters. The summed E-state index contributed by atoms with van der Waals surface area (Å²) in [4.78, 5) is 12.4. The third-order valence-electron chi connectivity index (χ3n) is 6.77. The topological polar surface area (TPSA) is 38.3 Å². The lowest BCUT2D eigenvalue weighted by atomic mass is 9.48. The van der Waals surface area contributed by atoms with Gasteiger partial charge in [-0.15, -0.1) is 0 Å². The highest BCUT2D eigenvalue weighted by atomic mass is 16.5. The van der Waals surface area contributed by atoms with Gasteiger partial charge in [0.2, 0.25) is 0 Å². The first kappa shape index (κ1) is 16.0. The highest BCUT2D eigenvalue weighted by Crippen LogP contribution is 2.61. The van der Waals surface area contributed by atoms with Crippen molar-refractivity contribution in [3.63, 3.8) is 0 Å². The van der Waals surface area contributed by atoms with E-state index < -0.39 is 0 Å². The van der Waals surface area contributed by atoms with Gasteiger partial charge in [0, 0.05) is 6.04 Å². The van der Waals surface area contributed by atoms with Gasteiger partial charge in [-0.05, 0) is 87.7 Å². The number of amides is 1. The van der Waals surface area contributed by atoms with E-state index in [1.165, 1.54) is 44.1 Å². The molecule has 1 N–H and O–H groups in total. The van der Waals surface area contributed by atoms with E-state index in [9.17, 15) is 4.79 Å². The van der Waals surface area contributed by atoms with Gasteiger partial charge in [-0.3, -0.25) is 4.79 Å². The fourth-order valence-electron chi connectivity index (χ4n) is 5.93. The van der Waals surface area contributed by atoms with Crippen LogP contribution in [0.3, 0.4) is 0 Å². The smallest absolute Gasteiger partial charge is 0.258 e. The minimum atomic E-state index is 0.0128. The van der Waals surface area contributed by atoms with Crippen LogP contribution in [0.2, 0.25) is 0 Å². The summed E-state index contributed by atoms with van der Waals surface area (Å²) in [5.41, 5.74) is 1.55. The maximum Gasteiger partial charge on any atom is 0.258 e. The average Bonchev–Trinajstić information content (AvgIpc) is 2.53. The van der Waals surface area contributed by atoms with Crippen molar-refractivity contribution in [2.75, 3.05) is 6.61 Å². The fraction of sp³-hybridized carbons (Fsp3) is 0.667. The van der Waals surface area contributed by atoms with E-state index in [2.05, 4.69) is 12.2 Å². The zero-order valence-corrected chi connectivity index (χ0v) is 14.9. The molecule has 0 aromatic heterocycles. The molecule has 3 heteroatoms. The zero-order valence-electron chi connectivity index (χ0n) is 14.9. The Morgan fingerprint density at radius 1 is 1.12 bits per heavy atom. The number of carbonyl (C=O) groups is 1. The average molecular weight is 327 g/mol. The summed E-state index contributed by atoms with van der Waals surface area (Å²) in [7, 11) is 0. The predicted octanol–water partition coefficient (Wildman–Crippen LogP) is 4.09. The van der Waals surface area contributed by atoms with E-state index in [0.717, 1.165) is 23.5 Å². The van der Waals surface area contributed by atoms with Crippen LogP contribution in [-0.2, 0) is 4.79 Å². The highest BCUT2D eigenvalue weighted by Gasteiger charge is 2.53. The summed E-state index contributed by atoms with van der Waals surface area (Å²) in [5, 5.41) is 3.25. The molecular weight excluding hydrogens is 298 g/mol. The fourth-order valence-corrected chi connectivity index (χ4v) is 5.93. The molecule has 130 valence electrons. The summed E-state index contributed by atoms with van der Waals surface area (Å²) in [6.07, 6.45) is 8.28. The van der Waals surface area contributed by atoms with Crippen LogP contribution in [-0.4, -0.2) is 18.6 Å². The Kier molecular flexibility index (Phi) is 4.06. The number of benzene rings is 1. The van der Waals surface area contributed by atoms with Crippen LogP contribution in [0.1, 0.15) is 51.0 Å². The molecule has 1 aromatic carbocycles. The third kappa shape index (κ3) is 3.05. The Hall–Kier alpha value is -1.51. The standard InChI is InChI=1S/C21H29NO2/c1-14-3-5-19(6-4-14)24-13-20(23)22-15(2)21-10-16-7-17(11-21)9-18(8-16)12-21/h3-6,15-18H,7-13H2,1-2H3,(H,22,23)/t15-,16?,17?,18?,21?/m0/s1. The number of hydrogen-bond acceptors (Lipinski definition) is 2. The Bertz CT molecular complexity index is 571. The van der Waals surface area contributed by atoms with E-state index in [4.69, 9.17) is 4.74 Å². The second kappa shape index (κ2) is 6.09. The third-order valence-corrected chi connectivity index (χ3v) is 6.77. The first-order valence-corrected chi connectivity index (χ1v) is 9.51. The van der Waals surface area contributed by atoms with E-state index in [1.54, 1.807) is 0 Å². The Morgan fingerprint density at radius 2 is 1.67 bits per heavy atom. The van der Waals surface area contributed by atoms with Crippen molar-refractivity contribution in [1.29, 1.82) is 0 Å². The second-order valence-electron chi connectivity index (χ2n) is 8.67. The van der Waals surface area contributed by atoms with Crippen molar-refractivity contribution in [2.24, 2.45) is 23.2 Å². The normalized spacial score (nSPS) is 34.8. The Balaban J connectivity index is 1.33. The first-order chi connectivity index (χ1) is 11.5. The number of aryl methyl sites for hydroxylation is 1. The second-order valence-corrected chi connectivity index (χ2v) is 8.67. The number of rotatable bonds is 5. The van der Waals surface area contributed by atoms with Crippen LogP contribution in [0.25, 0.3) is 0 Å². The molecule has 4 fully saturated rings. The van der Waals surface area contributed by atoms with Gasteiger partial charge < -0.3 is 10.1 Å². The monoisotopic (exact) mass is 327 g/mol. The molecule has 4 bridgehead atoms. The molecule has 4 aliphatic rings. The number of ether oxygens (including phenoxy) is 1. The van der Waals surface area contributed by atoms with Crippen molar-refractivity contribution in [3.05, 3.63) is 29.8 Å². The first-order valence-electron chi connectivity index (χ1n) is 9.51. The van der Waals surface area contributed by atoms with Crippen molar-refractivity contribution >= 4 is 5.91 Å². The van der Waals surface area contributed by atoms with Gasteiger partial charge in [0.25, 0.3) is 5.91 Å². The maximum absolute atomic E-state index is 12.4. The van der Waals surface area contributed by atoms with Crippen LogP contribution < -0.4 is 10.1 Å². The summed E-state index contributed by atoms with van der Waals surface area (Å²) in [5.74, 6) is 3.52. The van der Waals surface area contributed by atoms with E-state index in [-0.39, 0.29) is 18.6 Å². The van der Waals surface area contributed by atoms with Crippen molar-refractivity contribution in [1.82, 2.24) is 5.32 Å². The molecule has 0 saturated heterocycles. The number of carbonyl (C=O) groups excluding carboxylic acids is 1. The van der Waals surface area contributed by atoms with E-state index >= 15 is 0 Å². The maximum atomic E-state index is 12.4. The lowest BCUT2D eigenvalue weighted by Gasteiger charge is -2.59. The van der Waals surface area contributed by atoms with Gasteiger partial charge in [0.05, 0.1) is 0 Å². The van der Waals surface area contributed by atoms with E-state index in [0.29, 0.717) is 5.41 Å². The van der Waals surface area contributed by atoms with Crippen LogP contribution >= 0.6 is 0 Å². The van der Waals surface area contributed by atoms with Gasteiger partial charge in [-0.2, -0.15) is 0 Å². The molecule has 3 nitrogen and oxygen atoms in total. The zero-order chi connectivity index (χ0) is 16.7. The van der Waals surface area contributed by atoms with Crippen LogP contribution in [0.15, 0.2) is 24.3 Å². The molecular formula is C21H29NO2. The lowest BCUT2D eigenvalue weighted by molar-refractivity contribution is -0.127. The molecule has 1 amide bonds. The SMILES string of the molecule is Cc1ccc(OCC(=O)N[C@@H](C)C23CC4CC(CC(C4)C2)C3)cc1. The van der Waals surface area contributed by atoms with Gasteiger partial charge in [-0.1, -0.05) is 17.7 Å². The van der Waals surface area contributed by atoms with Crippen LogP contribution in [0.4, 0.5) is 0 Å². The molecule has 4 saturated carbocycles. The highest BCUT2D eigenvalue weighted by molar-refractivity contribution is 5.77. The van der Waals surface area contributed by atoms with Gasteiger partial charge in [-0.25, -0.2) is 0 Å². The van der Waals surface area contributed by atoms with Crippen molar-refractivity contribution in [3.8, 4) is 5.75 Å². The molecule has 0 spiro atoms. The van der Waals surface area contributed by atoms with Gasteiger partial charge in [0.1, 0.15) is 5.75 Å². The molecule has 0 aliphatic heterocycles. The van der Waals surface area contributed by atoms with Crippen molar-refractivity contribution < 1.29 is 9.53 Å². The molecule has 5 rings (SSSR count). The van der Waals surface area contributed by atoms with Gasteiger partial charge in [0.15, 0.2) is 6.61 Å². The van der Waals surface area contributed by atoms with Crippen molar-refractivity contribution in [2.45, 2.75) is 58.4 Å². The van der Waals surface area contributed by atoms with Gasteiger partial charge >= 0.3 is 0 Å². The van der Waals surface area contributed by atoms with Crippen LogP contribution in [0, 0.1) is 30.1 Å². The Morgan fingerprint density at radius 3 is 2.21 bits per heavy atom. The largest absolute Gasteiger partial charge is 0.484 e. The summed E-state index contributed by atoms with van der Waals surface area (Å²) < 4.78 is 5.63. The minimum absolute atomic E-state index is 0.0128.